The van der Waals surface area contributed by atoms with Gasteiger partial charge in [-0.2, -0.15) is 0 Å². The Hall–Kier alpha value is -2.90. The molecule has 4 rings (SSSR count). The number of para-hydroxylation sites is 2. The van der Waals surface area contributed by atoms with E-state index in [4.69, 9.17) is 0 Å². The molecule has 1 N–H and O–H groups in total. The van der Waals surface area contributed by atoms with Crippen LogP contribution in [0.3, 0.4) is 0 Å². The number of imidazole rings is 1. The van der Waals surface area contributed by atoms with Crippen molar-refractivity contribution in [2.75, 3.05) is 26.2 Å². The Morgan fingerprint density at radius 1 is 1.13 bits per heavy atom. The van der Waals surface area contributed by atoms with Crippen LogP contribution in [0.4, 0.5) is 0 Å². The highest BCUT2D eigenvalue weighted by atomic mass is 16.4. The van der Waals surface area contributed by atoms with Gasteiger partial charge in [0.1, 0.15) is 5.82 Å². The maximum atomic E-state index is 13.0. The second kappa shape index (κ2) is 7.74. The minimum Gasteiger partial charge on any atom is -0.481 e. The summed E-state index contributed by atoms with van der Waals surface area (Å²) < 4.78 is 2.07. The molecule has 2 aromatic rings. The number of carboxylic acids is 1. The summed E-state index contributed by atoms with van der Waals surface area (Å²) in [5, 5.41) is 9.17. The Bertz CT molecular complexity index is 1000. The number of aromatic nitrogens is 2. The van der Waals surface area contributed by atoms with E-state index in [0.717, 1.165) is 16.9 Å². The molecule has 2 atom stereocenters. The van der Waals surface area contributed by atoms with E-state index in [1.807, 2.05) is 36.1 Å². The second-order valence-corrected chi connectivity index (χ2v) is 8.68. The van der Waals surface area contributed by atoms with Gasteiger partial charge in [-0.1, -0.05) is 12.1 Å². The first kappa shape index (κ1) is 20.4. The van der Waals surface area contributed by atoms with Gasteiger partial charge in [0.15, 0.2) is 0 Å². The van der Waals surface area contributed by atoms with E-state index < -0.39 is 5.97 Å². The molecule has 2 aliphatic heterocycles. The van der Waals surface area contributed by atoms with Gasteiger partial charge in [-0.15, -0.1) is 0 Å². The van der Waals surface area contributed by atoms with Crippen LogP contribution in [-0.4, -0.2) is 68.4 Å². The van der Waals surface area contributed by atoms with Crippen LogP contribution in [0.15, 0.2) is 24.3 Å². The lowest BCUT2D eigenvalue weighted by molar-refractivity contribution is -0.137. The van der Waals surface area contributed by atoms with Crippen molar-refractivity contribution in [1.29, 1.82) is 0 Å². The van der Waals surface area contributed by atoms with Crippen LogP contribution in [-0.2, 0) is 20.9 Å². The number of aliphatic carboxylic acids is 1. The fraction of sp³-hybridized carbons (Fsp3) is 0.545. The predicted octanol–water partition coefficient (Wildman–Crippen LogP) is 1.91. The molecule has 2 amide bonds. The highest BCUT2D eigenvalue weighted by molar-refractivity contribution is 5.79. The molecule has 3 heterocycles. The van der Waals surface area contributed by atoms with Gasteiger partial charge in [-0.25, -0.2) is 4.98 Å². The van der Waals surface area contributed by atoms with Gasteiger partial charge in [0, 0.05) is 63.8 Å². The summed E-state index contributed by atoms with van der Waals surface area (Å²) in [4.78, 5) is 44.3. The van der Waals surface area contributed by atoms with Crippen molar-refractivity contribution in [1.82, 2.24) is 19.4 Å². The maximum absolute atomic E-state index is 13.0. The Morgan fingerprint density at radius 2 is 1.83 bits per heavy atom. The molecule has 0 spiro atoms. The van der Waals surface area contributed by atoms with E-state index >= 15 is 0 Å². The molecule has 1 aromatic carbocycles. The van der Waals surface area contributed by atoms with Gasteiger partial charge in [0.2, 0.25) is 11.8 Å². The summed E-state index contributed by atoms with van der Waals surface area (Å²) in [6, 6.07) is 7.90. The van der Waals surface area contributed by atoms with Crippen LogP contribution < -0.4 is 0 Å². The van der Waals surface area contributed by atoms with Crippen LogP contribution in [0.2, 0.25) is 0 Å². The first-order chi connectivity index (χ1) is 14.3. The quantitative estimate of drug-likeness (QED) is 0.782. The summed E-state index contributed by atoms with van der Waals surface area (Å²) in [7, 11) is 0. The maximum Gasteiger partial charge on any atom is 0.303 e. The molecule has 0 radical (unpaired) electrons. The number of carbonyl (C=O) groups excluding carboxylic acids is 2. The zero-order valence-electron chi connectivity index (χ0n) is 17.5. The third kappa shape index (κ3) is 3.66. The van der Waals surface area contributed by atoms with E-state index in [1.165, 1.54) is 0 Å². The van der Waals surface area contributed by atoms with E-state index in [1.54, 1.807) is 11.8 Å². The summed E-state index contributed by atoms with van der Waals surface area (Å²) in [5.41, 5.74) is 1.64. The Kier molecular flexibility index (Phi) is 5.26. The van der Waals surface area contributed by atoms with Crippen molar-refractivity contribution in [3.8, 4) is 0 Å². The van der Waals surface area contributed by atoms with E-state index in [2.05, 4.69) is 9.55 Å². The molecule has 8 heteroatoms. The monoisotopic (exact) mass is 412 g/mol. The number of nitrogens with zero attached hydrogens (tertiary/aromatic N) is 4. The summed E-state index contributed by atoms with van der Waals surface area (Å²) in [5.74, 6) is 0.277. The predicted molar refractivity (Wildman–Crippen MR) is 111 cm³/mol. The van der Waals surface area contributed by atoms with Gasteiger partial charge in [0.05, 0.1) is 11.0 Å². The van der Waals surface area contributed by atoms with Crippen LogP contribution >= 0.6 is 0 Å². The number of benzene rings is 1. The van der Waals surface area contributed by atoms with Crippen molar-refractivity contribution < 1.29 is 19.5 Å². The molecule has 0 unspecified atom stereocenters. The highest BCUT2D eigenvalue weighted by Crippen LogP contribution is 2.46. The van der Waals surface area contributed by atoms with Crippen LogP contribution in [0.5, 0.6) is 0 Å². The highest BCUT2D eigenvalue weighted by Gasteiger charge is 2.53. The average molecular weight is 412 g/mol. The fourth-order valence-electron chi connectivity index (χ4n) is 5.17. The molecule has 2 saturated heterocycles. The van der Waals surface area contributed by atoms with Gasteiger partial charge in [-0.05, 0) is 25.5 Å². The van der Waals surface area contributed by atoms with Crippen LogP contribution in [0.1, 0.15) is 32.0 Å². The number of rotatable bonds is 6. The van der Waals surface area contributed by atoms with E-state index in [9.17, 15) is 19.5 Å². The molecule has 0 aliphatic carbocycles. The summed E-state index contributed by atoms with van der Waals surface area (Å²) in [6.07, 6.45) is 0.926. The van der Waals surface area contributed by atoms with Gasteiger partial charge in [-0.3, -0.25) is 14.4 Å². The lowest BCUT2D eigenvalue weighted by atomic mass is 9.77. The summed E-state index contributed by atoms with van der Waals surface area (Å²) >= 11 is 0. The third-order valence-electron chi connectivity index (χ3n) is 6.79. The van der Waals surface area contributed by atoms with Crippen molar-refractivity contribution in [3.63, 3.8) is 0 Å². The number of hydrogen-bond acceptors (Lipinski definition) is 4. The van der Waals surface area contributed by atoms with Crippen molar-refractivity contribution in [2.24, 2.45) is 11.3 Å². The number of aryl methyl sites for hydroxylation is 2. The minimum absolute atomic E-state index is 0.0134. The van der Waals surface area contributed by atoms with Gasteiger partial charge < -0.3 is 19.5 Å². The average Bonchev–Trinajstić information content (AvgIpc) is 3.32. The minimum atomic E-state index is -0.836. The van der Waals surface area contributed by atoms with Crippen LogP contribution in [0, 0.1) is 18.3 Å². The lowest BCUT2D eigenvalue weighted by Crippen LogP contribution is -2.38. The fourth-order valence-corrected chi connectivity index (χ4v) is 5.17. The molecule has 30 heavy (non-hydrogen) atoms. The number of amides is 2. The van der Waals surface area contributed by atoms with E-state index in [-0.39, 0.29) is 29.6 Å². The number of hydrogen-bond donors (Lipinski definition) is 1. The molecule has 160 valence electrons. The van der Waals surface area contributed by atoms with Crippen molar-refractivity contribution in [3.05, 3.63) is 30.1 Å². The van der Waals surface area contributed by atoms with Crippen molar-refractivity contribution in [2.45, 2.75) is 39.7 Å². The number of fused-ring (bicyclic) bond motifs is 2. The van der Waals surface area contributed by atoms with Gasteiger partial charge >= 0.3 is 5.97 Å². The molecular weight excluding hydrogens is 384 g/mol. The molecular formula is C22H28N4O4. The number of carbonyl (C=O) groups is 3. The zero-order chi connectivity index (χ0) is 21.5. The standard InChI is InChI=1S/C22H28N4O4/c1-15-23-18-5-3-4-6-19(18)26(15)10-8-20(28)25-12-17-11-24(16(2)27)13-22(17,14-25)9-7-21(29)30/h3-6,17H,7-14H2,1-2H3,(H,29,30)/t17-,22+/m1/s1. The Morgan fingerprint density at radius 3 is 2.57 bits per heavy atom. The lowest BCUT2D eigenvalue weighted by Gasteiger charge is -2.28. The largest absolute Gasteiger partial charge is 0.481 e. The Labute approximate surface area is 175 Å². The number of carboxylic acid groups (broad SMARTS) is 1. The smallest absolute Gasteiger partial charge is 0.303 e. The van der Waals surface area contributed by atoms with Crippen LogP contribution in [0.25, 0.3) is 11.0 Å². The molecule has 1 aromatic heterocycles. The first-order valence-corrected chi connectivity index (χ1v) is 10.5. The first-order valence-electron chi connectivity index (χ1n) is 10.5. The molecule has 2 fully saturated rings. The number of likely N-dealkylation sites (tertiary alicyclic amines) is 2. The van der Waals surface area contributed by atoms with E-state index in [0.29, 0.717) is 45.6 Å². The van der Waals surface area contributed by atoms with Gasteiger partial charge in [0.25, 0.3) is 0 Å². The third-order valence-corrected chi connectivity index (χ3v) is 6.79. The molecule has 8 nitrogen and oxygen atoms in total. The Balaban J connectivity index is 1.44. The topological polar surface area (TPSA) is 95.7 Å². The zero-order valence-corrected chi connectivity index (χ0v) is 17.5. The molecule has 0 bridgehead atoms. The second-order valence-electron chi connectivity index (χ2n) is 8.68. The normalized spacial score (nSPS) is 23.2. The molecule has 0 saturated carbocycles. The van der Waals surface area contributed by atoms with Crippen molar-refractivity contribution >= 4 is 28.8 Å². The summed E-state index contributed by atoms with van der Waals surface area (Å²) in [6.45, 7) is 6.31. The molecule has 2 aliphatic rings. The SMILES string of the molecule is CC(=O)N1C[C@@H]2CN(C(=O)CCn3c(C)nc4ccccc43)C[C@]2(CCC(=O)O)C1.